The summed E-state index contributed by atoms with van der Waals surface area (Å²) in [6, 6.07) is 15.8. The van der Waals surface area contributed by atoms with Crippen LogP contribution >= 0.6 is 27.7 Å². The van der Waals surface area contributed by atoms with Crippen LogP contribution < -0.4 is 5.32 Å². The summed E-state index contributed by atoms with van der Waals surface area (Å²) in [4.78, 5) is 21.7. The van der Waals surface area contributed by atoms with Gasteiger partial charge in [0.15, 0.2) is 5.82 Å². The highest BCUT2D eigenvalue weighted by Crippen LogP contribution is 2.28. The van der Waals surface area contributed by atoms with Gasteiger partial charge in [-0.05, 0) is 31.0 Å². The minimum atomic E-state index is -0.00612. The molecule has 1 atom stereocenters. The van der Waals surface area contributed by atoms with Gasteiger partial charge in [-0.25, -0.2) is 9.97 Å². The summed E-state index contributed by atoms with van der Waals surface area (Å²) in [5.74, 6) is 0.967. The van der Waals surface area contributed by atoms with Crippen LogP contribution in [0.25, 0.3) is 22.3 Å². The van der Waals surface area contributed by atoms with E-state index in [1.165, 1.54) is 11.8 Å². The van der Waals surface area contributed by atoms with E-state index >= 15 is 0 Å². The predicted octanol–water partition coefficient (Wildman–Crippen LogP) is 4.45. The van der Waals surface area contributed by atoms with Crippen LogP contribution in [0.4, 0.5) is 0 Å². The Kier molecular flexibility index (Phi) is 6.24. The largest absolute Gasteiger partial charge is 0.376 e. The number of rotatable bonds is 6. The topological polar surface area (TPSA) is 64.1 Å². The van der Waals surface area contributed by atoms with Crippen molar-refractivity contribution in [3.63, 3.8) is 0 Å². The highest BCUT2D eigenvalue weighted by molar-refractivity contribution is 9.10. The van der Waals surface area contributed by atoms with Crippen molar-refractivity contribution in [1.82, 2.24) is 15.3 Å². The Hall–Kier alpha value is -1.96. The van der Waals surface area contributed by atoms with Crippen molar-refractivity contribution in [2.45, 2.75) is 24.0 Å². The fourth-order valence-corrected chi connectivity index (χ4v) is 4.22. The molecule has 1 fully saturated rings. The number of hydrogen-bond acceptors (Lipinski definition) is 5. The normalized spacial score (nSPS) is 16.4. The maximum Gasteiger partial charge on any atom is 0.230 e. The van der Waals surface area contributed by atoms with Crippen molar-refractivity contribution >= 4 is 44.5 Å². The summed E-state index contributed by atoms with van der Waals surface area (Å²) in [5.41, 5.74) is 1.82. The predicted molar refractivity (Wildman–Crippen MR) is 115 cm³/mol. The van der Waals surface area contributed by atoms with Crippen LogP contribution in [0.1, 0.15) is 12.8 Å². The van der Waals surface area contributed by atoms with Crippen molar-refractivity contribution in [2.75, 3.05) is 18.9 Å². The lowest BCUT2D eigenvalue weighted by Gasteiger charge is -2.11. The molecule has 0 bridgehead atoms. The number of nitrogens with one attached hydrogen (secondary N) is 1. The lowest BCUT2D eigenvalue weighted by Crippen LogP contribution is -2.32. The first-order valence-corrected chi connectivity index (χ1v) is 11.0. The standard InChI is InChI=1S/C21H20BrN3O2S/c22-15-9-7-14(8-10-15)20-24-18-6-2-1-5-17(18)21(25-20)28-13-19(26)23-12-16-4-3-11-27-16/h1-2,5-10,16H,3-4,11-13H2,(H,23,26). The Labute approximate surface area is 176 Å². The molecule has 0 saturated carbocycles. The first-order valence-electron chi connectivity index (χ1n) is 9.23. The monoisotopic (exact) mass is 457 g/mol. The first kappa shape index (κ1) is 19.4. The molecule has 0 aliphatic carbocycles. The molecule has 1 aromatic heterocycles. The molecular weight excluding hydrogens is 438 g/mol. The molecule has 1 amide bonds. The number of carbonyl (C=O) groups is 1. The third-order valence-electron chi connectivity index (χ3n) is 4.56. The molecule has 3 aromatic rings. The molecule has 1 aliphatic heterocycles. The Bertz CT molecular complexity index is 975. The number of ether oxygens (including phenoxy) is 1. The quantitative estimate of drug-likeness (QED) is 0.437. The summed E-state index contributed by atoms with van der Waals surface area (Å²) >= 11 is 4.89. The van der Waals surface area contributed by atoms with Crippen LogP contribution in [0.15, 0.2) is 58.0 Å². The average molecular weight is 458 g/mol. The molecule has 1 saturated heterocycles. The summed E-state index contributed by atoms with van der Waals surface area (Å²) in [7, 11) is 0. The lowest BCUT2D eigenvalue weighted by atomic mass is 10.2. The van der Waals surface area contributed by atoms with Gasteiger partial charge in [-0.1, -0.05) is 58.0 Å². The maximum absolute atomic E-state index is 12.3. The number of carbonyl (C=O) groups excluding carboxylic acids is 1. The van der Waals surface area contributed by atoms with E-state index in [2.05, 4.69) is 21.2 Å². The molecule has 1 N–H and O–H groups in total. The van der Waals surface area contributed by atoms with Crippen LogP contribution in [0.3, 0.4) is 0 Å². The van der Waals surface area contributed by atoms with Gasteiger partial charge in [0.2, 0.25) is 5.91 Å². The highest BCUT2D eigenvalue weighted by atomic mass is 79.9. The van der Waals surface area contributed by atoms with Gasteiger partial charge in [0.1, 0.15) is 5.03 Å². The number of amides is 1. The number of hydrogen-bond donors (Lipinski definition) is 1. The molecule has 28 heavy (non-hydrogen) atoms. The molecule has 5 nitrogen and oxygen atoms in total. The van der Waals surface area contributed by atoms with E-state index in [0.717, 1.165) is 45.4 Å². The van der Waals surface area contributed by atoms with Gasteiger partial charge >= 0.3 is 0 Å². The molecule has 0 spiro atoms. The maximum atomic E-state index is 12.3. The van der Waals surface area contributed by atoms with E-state index in [1.54, 1.807) is 0 Å². The molecule has 2 aromatic carbocycles. The van der Waals surface area contributed by atoms with Gasteiger partial charge in [0, 0.05) is 28.6 Å². The number of nitrogens with zero attached hydrogens (tertiary/aromatic N) is 2. The summed E-state index contributed by atoms with van der Waals surface area (Å²) in [6.07, 6.45) is 2.24. The molecular formula is C21H20BrN3O2S. The van der Waals surface area contributed by atoms with E-state index in [0.29, 0.717) is 18.1 Å². The third kappa shape index (κ3) is 4.71. The van der Waals surface area contributed by atoms with E-state index in [1.807, 2.05) is 48.5 Å². The van der Waals surface area contributed by atoms with E-state index < -0.39 is 0 Å². The minimum Gasteiger partial charge on any atom is -0.376 e. The van der Waals surface area contributed by atoms with Gasteiger partial charge in [-0.3, -0.25) is 4.79 Å². The molecule has 1 unspecified atom stereocenters. The zero-order valence-electron chi connectivity index (χ0n) is 15.2. The van der Waals surface area contributed by atoms with Crippen LogP contribution in [0.5, 0.6) is 0 Å². The Morgan fingerprint density at radius 2 is 2.00 bits per heavy atom. The molecule has 144 valence electrons. The first-order chi connectivity index (χ1) is 13.7. The van der Waals surface area contributed by atoms with Gasteiger partial charge in [0.25, 0.3) is 0 Å². The third-order valence-corrected chi connectivity index (χ3v) is 6.08. The van der Waals surface area contributed by atoms with Crippen molar-refractivity contribution in [1.29, 1.82) is 0 Å². The number of fused-ring (bicyclic) bond motifs is 1. The number of para-hydroxylation sites is 1. The summed E-state index contributed by atoms with van der Waals surface area (Å²) in [6.45, 7) is 1.37. The Morgan fingerprint density at radius 3 is 2.79 bits per heavy atom. The second-order valence-electron chi connectivity index (χ2n) is 6.60. The van der Waals surface area contributed by atoms with Crippen LogP contribution in [0.2, 0.25) is 0 Å². The van der Waals surface area contributed by atoms with E-state index in [9.17, 15) is 4.79 Å². The zero-order valence-corrected chi connectivity index (χ0v) is 17.6. The molecule has 1 aliphatic rings. The molecule has 0 radical (unpaired) electrons. The number of halogens is 1. The second-order valence-corrected chi connectivity index (χ2v) is 8.48. The second kappa shape index (κ2) is 9.03. The average Bonchev–Trinajstić information content (AvgIpc) is 3.24. The van der Waals surface area contributed by atoms with Gasteiger partial charge < -0.3 is 10.1 Å². The van der Waals surface area contributed by atoms with E-state index in [4.69, 9.17) is 14.7 Å². The van der Waals surface area contributed by atoms with Crippen molar-refractivity contribution in [2.24, 2.45) is 0 Å². The van der Waals surface area contributed by atoms with Gasteiger partial charge in [0.05, 0.1) is 17.4 Å². The summed E-state index contributed by atoms with van der Waals surface area (Å²) < 4.78 is 6.56. The number of thioether (sulfide) groups is 1. The zero-order chi connectivity index (χ0) is 19.3. The van der Waals surface area contributed by atoms with Crippen LogP contribution in [-0.4, -0.2) is 40.9 Å². The molecule has 2 heterocycles. The fraction of sp³-hybridized carbons (Fsp3) is 0.286. The smallest absolute Gasteiger partial charge is 0.230 e. The molecule has 7 heteroatoms. The molecule has 4 rings (SSSR count). The van der Waals surface area contributed by atoms with Crippen molar-refractivity contribution in [3.05, 3.63) is 53.0 Å². The number of benzene rings is 2. The van der Waals surface area contributed by atoms with Crippen LogP contribution in [0, 0.1) is 0 Å². The minimum absolute atomic E-state index is 0.00612. The Morgan fingerprint density at radius 1 is 1.18 bits per heavy atom. The summed E-state index contributed by atoms with van der Waals surface area (Å²) in [5, 5.41) is 4.74. The van der Waals surface area contributed by atoms with Gasteiger partial charge in [-0.2, -0.15) is 0 Å². The van der Waals surface area contributed by atoms with Crippen molar-refractivity contribution in [3.8, 4) is 11.4 Å². The van der Waals surface area contributed by atoms with Crippen molar-refractivity contribution < 1.29 is 9.53 Å². The fourth-order valence-electron chi connectivity index (χ4n) is 3.10. The number of aromatic nitrogens is 2. The SMILES string of the molecule is O=C(CSc1nc(-c2ccc(Br)cc2)nc2ccccc12)NCC1CCCO1. The van der Waals surface area contributed by atoms with Crippen LogP contribution in [-0.2, 0) is 9.53 Å². The van der Waals surface area contributed by atoms with Gasteiger partial charge in [-0.15, -0.1) is 0 Å². The highest BCUT2D eigenvalue weighted by Gasteiger charge is 2.17. The Balaban J connectivity index is 1.51. The van der Waals surface area contributed by atoms with E-state index in [-0.39, 0.29) is 12.0 Å². The lowest BCUT2D eigenvalue weighted by molar-refractivity contribution is -0.119.